The van der Waals surface area contributed by atoms with E-state index < -0.39 is 29.4 Å². The molecule has 2 aromatic rings. The second-order valence-electron chi connectivity index (χ2n) is 20.7. The molecule has 2 aromatic carbocycles. The van der Waals surface area contributed by atoms with Gasteiger partial charge in [-0.1, -0.05) is 12.2 Å². The zero-order valence-electron chi connectivity index (χ0n) is 38.1. The first-order chi connectivity index (χ1) is 31.9. The van der Waals surface area contributed by atoms with Crippen LogP contribution in [-0.2, 0) is 14.4 Å². The maximum absolute atomic E-state index is 13.8. The zero-order chi connectivity index (χ0) is 45.3. The highest BCUT2D eigenvalue weighted by Gasteiger charge is 2.53. The third-order valence-corrected chi connectivity index (χ3v) is 16.8. The maximum atomic E-state index is 13.8. The third kappa shape index (κ3) is 7.98. The predicted octanol–water partition coefficient (Wildman–Crippen LogP) is 2.51. The average molecular weight is 904 g/mol. The van der Waals surface area contributed by atoms with Crippen LogP contribution in [0.5, 0.6) is 0 Å². The molecule has 6 N–H and O–H groups in total. The van der Waals surface area contributed by atoms with Gasteiger partial charge >= 0.3 is 0 Å². The van der Waals surface area contributed by atoms with Gasteiger partial charge in [-0.2, -0.15) is 5.01 Å². The fourth-order valence-electron chi connectivity index (χ4n) is 12.9. The normalized spacial score (nSPS) is 34.5. The van der Waals surface area contributed by atoms with Crippen LogP contribution in [0.1, 0.15) is 105 Å². The molecule has 66 heavy (non-hydrogen) atoms. The molecule has 8 heterocycles. The van der Waals surface area contributed by atoms with Crippen molar-refractivity contribution in [3.05, 3.63) is 65.7 Å². The second kappa shape index (κ2) is 17.3. The highest BCUT2D eigenvalue weighted by Crippen LogP contribution is 2.49. The van der Waals surface area contributed by atoms with Gasteiger partial charge in [0.2, 0.25) is 17.7 Å². The van der Waals surface area contributed by atoms with E-state index in [0.29, 0.717) is 42.1 Å². The Balaban J connectivity index is 0.657. The van der Waals surface area contributed by atoms with Gasteiger partial charge in [0.25, 0.3) is 11.8 Å². The van der Waals surface area contributed by atoms with Crippen molar-refractivity contribution in [2.24, 2.45) is 11.3 Å². The summed E-state index contributed by atoms with van der Waals surface area (Å²) < 4.78 is 0. The van der Waals surface area contributed by atoms with Gasteiger partial charge in [0.1, 0.15) is 12.3 Å². The number of nitrogens with zero attached hydrogens (tertiary/aromatic N) is 6. The van der Waals surface area contributed by atoms with Crippen LogP contribution in [0.3, 0.4) is 0 Å². The highest BCUT2D eigenvalue weighted by atomic mass is 16.3. The number of hydrazine groups is 1. The van der Waals surface area contributed by atoms with Crippen molar-refractivity contribution in [2.75, 3.05) is 67.5 Å². The molecule has 2 bridgehead atoms. The number of aliphatic hydroxyl groups is 1. The number of hydrogen-bond acceptors (Lipinski definition) is 14. The van der Waals surface area contributed by atoms with Gasteiger partial charge in [-0.3, -0.25) is 60.0 Å². The molecule has 9 aliphatic rings. The molecule has 0 aromatic heterocycles. The van der Waals surface area contributed by atoms with Crippen LogP contribution in [0.25, 0.3) is 0 Å². The van der Waals surface area contributed by atoms with Gasteiger partial charge in [0.15, 0.2) is 0 Å². The maximum Gasteiger partial charge on any atom is 0.262 e. The first-order valence-corrected chi connectivity index (χ1v) is 24.6. The molecular weight excluding hydrogens is 839 g/mol. The standard InChI is InChI=1S/C49H65N11O6/c1-48(66)17-3-2-4-21-58-44(63)37-30-50-47(54-42(37)60(58)40-7-5-6-39(48)52-40)51-31-8-10-32(11-9-31)56-24-26-57(27-25-56)34-16-18-49(29-34)19-22-55(23-20-49)33-12-13-35-36(28-33)46(65)59(45(35)64)38-14-15-41(61)53-43(38)62/h2,4,8-13,28,34,37-40,42,47,50-52,54,66H,3,5-7,14-27,29-30H2,1H3,(H,53,61,62)/b4-2-/t34?,37?,38?,39?,40?,42?,47?,48-/m1/s1. The Labute approximate surface area is 386 Å². The van der Waals surface area contributed by atoms with E-state index in [4.69, 9.17) is 0 Å². The van der Waals surface area contributed by atoms with Crippen LogP contribution in [0.2, 0.25) is 0 Å². The molecule has 0 radical (unpaired) electrons. The molecule has 11 rings (SSSR count). The van der Waals surface area contributed by atoms with Gasteiger partial charge in [-0.15, -0.1) is 0 Å². The lowest BCUT2D eigenvalue weighted by Gasteiger charge is -2.47. The molecule has 1 spiro atoms. The Morgan fingerprint density at radius 2 is 1.53 bits per heavy atom. The number of piperazine rings is 1. The number of nitrogens with one attached hydrogen (secondary N) is 5. The summed E-state index contributed by atoms with van der Waals surface area (Å²) in [4.78, 5) is 73.3. The molecule has 8 aliphatic heterocycles. The topological polar surface area (TPSA) is 185 Å². The van der Waals surface area contributed by atoms with E-state index in [2.05, 4.69) is 82.7 Å². The molecule has 352 valence electrons. The number of carbonyl (C=O) groups excluding carboxylic acids is 5. The van der Waals surface area contributed by atoms with E-state index in [0.717, 1.165) is 94.1 Å². The van der Waals surface area contributed by atoms with Gasteiger partial charge in [0, 0.05) is 81.4 Å². The number of anilines is 3. The lowest BCUT2D eigenvalue weighted by Crippen LogP contribution is -2.69. The summed E-state index contributed by atoms with van der Waals surface area (Å²) in [6.45, 7) is 8.89. The minimum absolute atomic E-state index is 0.0258. The van der Waals surface area contributed by atoms with Crippen LogP contribution < -0.4 is 36.4 Å². The van der Waals surface area contributed by atoms with Gasteiger partial charge < -0.3 is 20.2 Å². The Hall–Kier alpha value is -4.91. The van der Waals surface area contributed by atoms with Crippen LogP contribution in [-0.4, -0.2) is 149 Å². The number of imide groups is 2. The van der Waals surface area contributed by atoms with E-state index >= 15 is 0 Å². The summed E-state index contributed by atoms with van der Waals surface area (Å²) >= 11 is 0. The first kappa shape index (κ1) is 43.6. The fourth-order valence-corrected chi connectivity index (χ4v) is 12.9. The number of fused-ring (bicyclic) bond motifs is 7. The van der Waals surface area contributed by atoms with E-state index in [1.807, 2.05) is 24.1 Å². The summed E-state index contributed by atoms with van der Waals surface area (Å²) in [6.07, 6.45) is 14.2. The van der Waals surface area contributed by atoms with E-state index in [-0.39, 0.29) is 55.2 Å². The molecule has 1 saturated carbocycles. The number of carbonyl (C=O) groups is 5. The number of piperidine rings is 3. The summed E-state index contributed by atoms with van der Waals surface area (Å²) in [5.41, 5.74) is 3.33. The largest absolute Gasteiger partial charge is 0.389 e. The Bertz CT molecular complexity index is 2270. The van der Waals surface area contributed by atoms with Crippen molar-refractivity contribution in [3.8, 4) is 0 Å². The molecule has 17 heteroatoms. The number of hydrogen-bond donors (Lipinski definition) is 6. The van der Waals surface area contributed by atoms with Gasteiger partial charge in [-0.05, 0) is 125 Å². The SMILES string of the molecule is C[C@@]1(O)CC/C=C\CN2C(=O)C3CNC(Nc4ccc(N5CCN(C6CCC7(CCN(c8ccc9c(c8)C(=O)N(C8CCC(=O)NC8=O)C9=O)CC7)C6)CC5)cc4)NC3N2C2CCCC1N2. The van der Waals surface area contributed by atoms with Crippen molar-refractivity contribution in [1.29, 1.82) is 0 Å². The van der Waals surface area contributed by atoms with Crippen molar-refractivity contribution in [2.45, 2.75) is 126 Å². The summed E-state index contributed by atoms with van der Waals surface area (Å²) in [7, 11) is 0. The highest BCUT2D eigenvalue weighted by molar-refractivity contribution is 6.23. The number of allylic oxidation sites excluding steroid dienone is 1. The van der Waals surface area contributed by atoms with E-state index in [1.54, 1.807) is 6.07 Å². The Morgan fingerprint density at radius 3 is 2.32 bits per heavy atom. The monoisotopic (exact) mass is 904 g/mol. The molecule has 17 nitrogen and oxygen atoms in total. The molecule has 8 atom stereocenters. The van der Waals surface area contributed by atoms with Crippen LogP contribution in [0.4, 0.5) is 17.1 Å². The lowest BCUT2D eigenvalue weighted by atomic mass is 9.76. The Kier molecular flexibility index (Phi) is 11.4. The molecule has 1 aliphatic carbocycles. The Morgan fingerprint density at radius 1 is 0.773 bits per heavy atom. The van der Waals surface area contributed by atoms with Crippen molar-refractivity contribution in [1.82, 2.24) is 41.1 Å². The van der Waals surface area contributed by atoms with Crippen molar-refractivity contribution >= 4 is 46.6 Å². The molecule has 5 amide bonds. The zero-order valence-corrected chi connectivity index (χ0v) is 38.1. The second-order valence-corrected chi connectivity index (χ2v) is 20.7. The average Bonchev–Trinajstić information content (AvgIpc) is 3.94. The lowest BCUT2D eigenvalue weighted by molar-refractivity contribution is -0.146. The van der Waals surface area contributed by atoms with Gasteiger partial charge in [0.05, 0.1) is 41.5 Å². The smallest absolute Gasteiger partial charge is 0.262 e. The van der Waals surface area contributed by atoms with Crippen LogP contribution in [0, 0.1) is 11.3 Å². The predicted molar refractivity (Wildman–Crippen MR) is 248 cm³/mol. The van der Waals surface area contributed by atoms with Crippen molar-refractivity contribution in [3.63, 3.8) is 0 Å². The number of benzene rings is 2. The van der Waals surface area contributed by atoms with Crippen LogP contribution in [0.15, 0.2) is 54.6 Å². The fraction of sp³-hybridized carbons (Fsp3) is 0.612. The quantitative estimate of drug-likeness (QED) is 0.184. The number of rotatable bonds is 6. The molecule has 6 saturated heterocycles. The molecule has 7 unspecified atom stereocenters. The first-order valence-electron chi connectivity index (χ1n) is 24.6. The van der Waals surface area contributed by atoms with Gasteiger partial charge in [-0.25, -0.2) is 0 Å². The molecule has 7 fully saturated rings. The third-order valence-electron chi connectivity index (χ3n) is 16.8. The van der Waals surface area contributed by atoms with Crippen LogP contribution >= 0.6 is 0 Å². The summed E-state index contributed by atoms with van der Waals surface area (Å²) in [5, 5.41) is 32.5. The van der Waals surface area contributed by atoms with E-state index in [1.165, 1.54) is 24.9 Å². The van der Waals surface area contributed by atoms with E-state index in [9.17, 15) is 29.1 Å². The molecular formula is C49H65N11O6. The minimum Gasteiger partial charge on any atom is -0.389 e. The van der Waals surface area contributed by atoms with Crippen molar-refractivity contribution < 1.29 is 29.1 Å². The number of amides is 5. The minimum atomic E-state index is -0.962. The summed E-state index contributed by atoms with van der Waals surface area (Å²) in [5.74, 6) is -1.98. The summed E-state index contributed by atoms with van der Waals surface area (Å²) in [6, 6.07) is 13.8.